The Morgan fingerprint density at radius 2 is 2.10 bits per heavy atom. The lowest BCUT2D eigenvalue weighted by atomic mass is 10.2. The van der Waals surface area contributed by atoms with Gasteiger partial charge in [0.15, 0.2) is 0 Å². The van der Waals surface area contributed by atoms with Crippen molar-refractivity contribution in [2.45, 2.75) is 13.8 Å². The van der Waals surface area contributed by atoms with Crippen molar-refractivity contribution in [1.82, 2.24) is 4.98 Å². The van der Waals surface area contributed by atoms with Gasteiger partial charge in [-0.15, -0.1) is 11.3 Å². The Labute approximate surface area is 120 Å². The molecule has 1 amide bonds. The molecule has 1 heterocycles. The number of nitrogens with zero attached hydrogens (tertiary/aromatic N) is 1. The van der Waals surface area contributed by atoms with E-state index in [4.69, 9.17) is 4.74 Å². The maximum absolute atomic E-state index is 12.0. The lowest BCUT2D eigenvalue weighted by Gasteiger charge is -2.05. The number of carbonyl (C=O) groups is 2. The number of thiazole rings is 1. The van der Waals surface area contributed by atoms with Crippen LogP contribution in [0.3, 0.4) is 0 Å². The van der Waals surface area contributed by atoms with Gasteiger partial charge in [0.1, 0.15) is 5.69 Å². The first kappa shape index (κ1) is 14.2. The largest absolute Gasteiger partial charge is 0.461 e. The van der Waals surface area contributed by atoms with E-state index >= 15 is 0 Å². The fraction of sp³-hybridized carbons (Fsp3) is 0.214. The molecule has 0 aliphatic heterocycles. The number of nitrogens with one attached hydrogen (secondary N) is 1. The standard InChI is InChI=1S/C14H14N2O3S/c1-3-19-14(18)13-16-11(8-20-13)12(17)15-10-7-5-4-6-9(10)2/h4-8H,3H2,1-2H3,(H,15,17). The molecule has 0 saturated heterocycles. The summed E-state index contributed by atoms with van der Waals surface area (Å²) < 4.78 is 4.84. The van der Waals surface area contributed by atoms with E-state index < -0.39 is 5.97 Å². The van der Waals surface area contributed by atoms with Gasteiger partial charge in [0, 0.05) is 11.1 Å². The molecular formula is C14H14N2O3S. The number of rotatable bonds is 4. The van der Waals surface area contributed by atoms with E-state index in [0.717, 1.165) is 22.6 Å². The number of carbonyl (C=O) groups excluding carboxylic acids is 2. The van der Waals surface area contributed by atoms with Gasteiger partial charge in [0.25, 0.3) is 5.91 Å². The molecule has 0 fully saturated rings. The average molecular weight is 290 g/mol. The monoisotopic (exact) mass is 290 g/mol. The molecule has 104 valence electrons. The molecule has 6 heteroatoms. The summed E-state index contributed by atoms with van der Waals surface area (Å²) in [4.78, 5) is 27.5. The van der Waals surface area contributed by atoms with Crippen LogP contribution in [0.5, 0.6) is 0 Å². The Morgan fingerprint density at radius 1 is 1.35 bits per heavy atom. The second kappa shape index (κ2) is 6.29. The number of benzene rings is 1. The Kier molecular flexibility index (Phi) is 4.47. The third kappa shape index (κ3) is 3.21. The summed E-state index contributed by atoms with van der Waals surface area (Å²) in [6, 6.07) is 7.45. The van der Waals surface area contributed by atoms with Gasteiger partial charge in [0.05, 0.1) is 6.61 Å². The molecule has 1 N–H and O–H groups in total. The van der Waals surface area contributed by atoms with Crippen LogP contribution < -0.4 is 5.32 Å². The minimum absolute atomic E-state index is 0.182. The van der Waals surface area contributed by atoms with E-state index in [1.165, 1.54) is 0 Å². The molecule has 2 aromatic rings. The highest BCUT2D eigenvalue weighted by Gasteiger charge is 2.16. The highest BCUT2D eigenvalue weighted by atomic mass is 32.1. The predicted molar refractivity (Wildman–Crippen MR) is 77.2 cm³/mol. The van der Waals surface area contributed by atoms with E-state index in [1.54, 1.807) is 12.3 Å². The van der Waals surface area contributed by atoms with Crippen molar-refractivity contribution >= 4 is 28.9 Å². The van der Waals surface area contributed by atoms with Crippen molar-refractivity contribution in [3.05, 3.63) is 45.9 Å². The summed E-state index contributed by atoms with van der Waals surface area (Å²) in [6.07, 6.45) is 0. The van der Waals surface area contributed by atoms with Crippen molar-refractivity contribution in [1.29, 1.82) is 0 Å². The van der Waals surface area contributed by atoms with Crippen LogP contribution in [0, 0.1) is 6.92 Å². The topological polar surface area (TPSA) is 68.3 Å². The van der Waals surface area contributed by atoms with Crippen LogP contribution in [-0.4, -0.2) is 23.5 Å². The lowest BCUT2D eigenvalue weighted by Crippen LogP contribution is -2.14. The Hall–Kier alpha value is -2.21. The molecule has 5 nitrogen and oxygen atoms in total. The van der Waals surface area contributed by atoms with Crippen LogP contribution in [-0.2, 0) is 4.74 Å². The van der Waals surface area contributed by atoms with E-state index in [2.05, 4.69) is 10.3 Å². The van der Waals surface area contributed by atoms with Crippen molar-refractivity contribution in [2.75, 3.05) is 11.9 Å². The van der Waals surface area contributed by atoms with Gasteiger partial charge in [-0.2, -0.15) is 0 Å². The maximum atomic E-state index is 12.0. The predicted octanol–water partition coefficient (Wildman–Crippen LogP) is 2.88. The van der Waals surface area contributed by atoms with Gasteiger partial charge in [-0.3, -0.25) is 4.79 Å². The number of anilines is 1. The number of ether oxygens (including phenoxy) is 1. The number of aryl methyl sites for hydroxylation is 1. The summed E-state index contributed by atoms with van der Waals surface area (Å²) in [5, 5.41) is 4.49. The molecule has 0 unspecified atom stereocenters. The highest BCUT2D eigenvalue weighted by Crippen LogP contribution is 2.16. The molecule has 0 atom stereocenters. The zero-order valence-electron chi connectivity index (χ0n) is 11.2. The quantitative estimate of drug-likeness (QED) is 0.879. The van der Waals surface area contributed by atoms with Gasteiger partial charge >= 0.3 is 5.97 Å². The maximum Gasteiger partial charge on any atom is 0.367 e. The molecule has 0 spiro atoms. The molecule has 2 rings (SSSR count). The number of esters is 1. The zero-order chi connectivity index (χ0) is 14.5. The first-order valence-corrected chi connectivity index (χ1v) is 6.99. The lowest BCUT2D eigenvalue weighted by molar-refractivity contribution is 0.0526. The number of hydrogen-bond donors (Lipinski definition) is 1. The minimum Gasteiger partial charge on any atom is -0.461 e. The van der Waals surface area contributed by atoms with E-state index in [9.17, 15) is 9.59 Å². The van der Waals surface area contributed by atoms with Crippen molar-refractivity contribution in [3.8, 4) is 0 Å². The molecule has 1 aromatic heterocycles. The van der Waals surface area contributed by atoms with Crippen LogP contribution in [0.1, 0.15) is 32.8 Å². The molecule has 0 aliphatic rings. The molecule has 0 radical (unpaired) electrons. The number of hydrogen-bond acceptors (Lipinski definition) is 5. The van der Waals surface area contributed by atoms with Crippen LogP contribution in [0.2, 0.25) is 0 Å². The fourth-order valence-electron chi connectivity index (χ4n) is 1.56. The molecule has 1 aromatic carbocycles. The van der Waals surface area contributed by atoms with Crippen molar-refractivity contribution < 1.29 is 14.3 Å². The van der Waals surface area contributed by atoms with Gasteiger partial charge in [-0.25, -0.2) is 9.78 Å². The van der Waals surface area contributed by atoms with Crippen molar-refractivity contribution in [3.63, 3.8) is 0 Å². The Balaban J connectivity index is 2.11. The van der Waals surface area contributed by atoms with E-state index in [0.29, 0.717) is 0 Å². The number of para-hydroxylation sites is 1. The molecule has 20 heavy (non-hydrogen) atoms. The second-order valence-corrected chi connectivity index (χ2v) is 4.89. The molecule has 0 bridgehead atoms. The second-order valence-electron chi connectivity index (χ2n) is 4.03. The smallest absolute Gasteiger partial charge is 0.367 e. The van der Waals surface area contributed by atoms with E-state index in [1.807, 2.05) is 31.2 Å². The van der Waals surface area contributed by atoms with Crippen LogP contribution in [0.4, 0.5) is 5.69 Å². The molecular weight excluding hydrogens is 276 g/mol. The Morgan fingerprint density at radius 3 is 2.80 bits per heavy atom. The van der Waals surface area contributed by atoms with Gasteiger partial charge < -0.3 is 10.1 Å². The summed E-state index contributed by atoms with van der Waals surface area (Å²) in [5.74, 6) is -0.849. The van der Waals surface area contributed by atoms with Crippen molar-refractivity contribution in [2.24, 2.45) is 0 Å². The Bertz CT molecular complexity index is 637. The first-order chi connectivity index (χ1) is 9.61. The number of amides is 1. The van der Waals surface area contributed by atoms with Gasteiger partial charge in [-0.05, 0) is 25.5 Å². The van der Waals surface area contributed by atoms with Crippen LogP contribution in [0.25, 0.3) is 0 Å². The first-order valence-electron chi connectivity index (χ1n) is 6.11. The SMILES string of the molecule is CCOC(=O)c1nc(C(=O)Nc2ccccc2C)cs1. The molecule has 0 saturated carbocycles. The summed E-state index contributed by atoms with van der Waals surface area (Å²) >= 11 is 1.09. The normalized spacial score (nSPS) is 10.1. The average Bonchev–Trinajstić information content (AvgIpc) is 2.91. The van der Waals surface area contributed by atoms with Gasteiger partial charge in [0.2, 0.25) is 5.01 Å². The molecule has 0 aliphatic carbocycles. The van der Waals surface area contributed by atoms with E-state index in [-0.39, 0.29) is 23.2 Å². The van der Waals surface area contributed by atoms with Gasteiger partial charge in [-0.1, -0.05) is 18.2 Å². The minimum atomic E-state index is -0.507. The fourth-order valence-corrected chi connectivity index (χ4v) is 2.25. The number of aromatic nitrogens is 1. The zero-order valence-corrected chi connectivity index (χ0v) is 12.0. The summed E-state index contributed by atoms with van der Waals surface area (Å²) in [7, 11) is 0. The summed E-state index contributed by atoms with van der Waals surface area (Å²) in [6.45, 7) is 3.90. The third-order valence-corrected chi connectivity index (χ3v) is 3.40. The van der Waals surface area contributed by atoms with Crippen LogP contribution >= 0.6 is 11.3 Å². The highest BCUT2D eigenvalue weighted by molar-refractivity contribution is 7.11. The third-order valence-electron chi connectivity index (χ3n) is 2.58. The van der Waals surface area contributed by atoms with Crippen LogP contribution in [0.15, 0.2) is 29.6 Å². The summed E-state index contributed by atoms with van der Waals surface area (Å²) in [5.41, 5.74) is 1.89.